The normalized spacial score (nSPS) is 17.2. The van der Waals surface area contributed by atoms with Gasteiger partial charge < -0.3 is 15.3 Å². The van der Waals surface area contributed by atoms with Crippen molar-refractivity contribution in [3.05, 3.63) is 94.4 Å². The highest BCUT2D eigenvalue weighted by Gasteiger charge is 2.40. The van der Waals surface area contributed by atoms with E-state index in [1.165, 1.54) is 30.3 Å². The van der Waals surface area contributed by atoms with E-state index in [2.05, 4.69) is 5.43 Å². The van der Waals surface area contributed by atoms with Crippen LogP contribution in [-0.2, 0) is 4.79 Å². The number of aromatic hydroxyl groups is 3. The first-order chi connectivity index (χ1) is 15.0. The summed E-state index contributed by atoms with van der Waals surface area (Å²) in [5.41, 5.74) is 3.43. The van der Waals surface area contributed by atoms with Gasteiger partial charge in [-0.15, -0.1) is 0 Å². The van der Waals surface area contributed by atoms with Gasteiger partial charge in [-0.05, 0) is 30.3 Å². The Bertz CT molecular complexity index is 1190. The summed E-state index contributed by atoms with van der Waals surface area (Å²) in [6, 6.07) is 19.1. The molecular formula is C23H18N2O5S. The molecule has 8 heteroatoms. The van der Waals surface area contributed by atoms with Gasteiger partial charge in [0.1, 0.15) is 22.6 Å². The number of nitrogens with one attached hydrogen (secondary N) is 1. The lowest BCUT2D eigenvalue weighted by molar-refractivity contribution is -0.128. The number of carbonyl (C=O) groups is 2. The van der Waals surface area contributed by atoms with E-state index in [-0.39, 0.29) is 27.7 Å². The Morgan fingerprint density at radius 2 is 1.48 bits per heavy atom. The Morgan fingerprint density at radius 1 is 0.871 bits per heavy atom. The van der Waals surface area contributed by atoms with Crippen LogP contribution in [0.5, 0.6) is 17.2 Å². The summed E-state index contributed by atoms with van der Waals surface area (Å²) in [6.45, 7) is 0. The number of thioether (sulfide) groups is 1. The molecule has 3 aromatic carbocycles. The monoisotopic (exact) mass is 434 g/mol. The molecule has 4 N–H and O–H groups in total. The molecule has 0 bridgehead atoms. The second-order valence-electron chi connectivity index (χ2n) is 6.73. The predicted molar refractivity (Wildman–Crippen MR) is 117 cm³/mol. The number of benzene rings is 3. The second-order valence-corrected chi connectivity index (χ2v) is 7.85. The van der Waals surface area contributed by atoms with Crippen molar-refractivity contribution < 1.29 is 24.9 Å². The molecule has 0 spiro atoms. The van der Waals surface area contributed by atoms with E-state index in [4.69, 9.17) is 0 Å². The zero-order valence-corrected chi connectivity index (χ0v) is 16.9. The minimum absolute atomic E-state index is 0.00877. The standard InChI is InChI=1S/C23H18N2O5S/c26-17-10-4-1-7-14(17)13-20-22(30)25(23(31-20)16-9-3-6-12-19(16)28)24-21(29)15-8-2-5-11-18(15)27/h1-13,23,26-28H,(H,24,29)/b20-13-. The summed E-state index contributed by atoms with van der Waals surface area (Å²) in [5, 5.41) is 30.7. The van der Waals surface area contributed by atoms with Crippen molar-refractivity contribution in [1.29, 1.82) is 0 Å². The molecule has 0 saturated carbocycles. The topological polar surface area (TPSA) is 110 Å². The van der Waals surface area contributed by atoms with Crippen LogP contribution >= 0.6 is 11.8 Å². The Hall–Kier alpha value is -3.91. The first-order valence-corrected chi connectivity index (χ1v) is 10.2. The maximum Gasteiger partial charge on any atom is 0.280 e. The third kappa shape index (κ3) is 4.06. The summed E-state index contributed by atoms with van der Waals surface area (Å²) in [4.78, 5) is 26.2. The van der Waals surface area contributed by atoms with Gasteiger partial charge in [-0.2, -0.15) is 0 Å². The average Bonchev–Trinajstić information content (AvgIpc) is 3.05. The molecule has 1 saturated heterocycles. The van der Waals surface area contributed by atoms with Gasteiger partial charge in [0, 0.05) is 11.1 Å². The van der Waals surface area contributed by atoms with Gasteiger partial charge in [0.05, 0.1) is 10.5 Å². The van der Waals surface area contributed by atoms with E-state index in [0.717, 1.165) is 16.8 Å². The minimum atomic E-state index is -0.749. The molecule has 4 rings (SSSR count). The van der Waals surface area contributed by atoms with E-state index in [1.807, 2.05) is 0 Å². The molecule has 2 amide bonds. The van der Waals surface area contributed by atoms with E-state index < -0.39 is 17.2 Å². The quantitative estimate of drug-likeness (QED) is 0.466. The molecule has 31 heavy (non-hydrogen) atoms. The summed E-state index contributed by atoms with van der Waals surface area (Å²) in [6.07, 6.45) is 1.53. The van der Waals surface area contributed by atoms with Crippen molar-refractivity contribution in [3.63, 3.8) is 0 Å². The number of hydrogen-bond donors (Lipinski definition) is 4. The number of amides is 2. The van der Waals surface area contributed by atoms with Crippen LogP contribution in [0.25, 0.3) is 6.08 Å². The highest BCUT2D eigenvalue weighted by Crippen LogP contribution is 2.47. The maximum atomic E-state index is 13.2. The zero-order chi connectivity index (χ0) is 22.0. The van der Waals surface area contributed by atoms with Gasteiger partial charge in [-0.1, -0.05) is 60.3 Å². The third-order valence-electron chi connectivity index (χ3n) is 4.70. The van der Waals surface area contributed by atoms with Crippen LogP contribution in [0.4, 0.5) is 0 Å². The number of hydrazine groups is 1. The Balaban J connectivity index is 1.72. The molecule has 156 valence electrons. The maximum absolute atomic E-state index is 13.2. The molecule has 0 aliphatic carbocycles. The molecule has 1 atom stereocenters. The molecule has 1 fully saturated rings. The summed E-state index contributed by atoms with van der Waals surface area (Å²) in [5.74, 6) is -1.41. The number of carbonyl (C=O) groups excluding carboxylic acids is 2. The third-order valence-corrected chi connectivity index (χ3v) is 5.93. The Labute approximate surface area is 182 Å². The average molecular weight is 434 g/mol. The molecule has 1 unspecified atom stereocenters. The number of phenols is 3. The first-order valence-electron chi connectivity index (χ1n) is 9.32. The molecule has 0 radical (unpaired) electrons. The lowest BCUT2D eigenvalue weighted by atomic mass is 10.1. The van der Waals surface area contributed by atoms with Crippen LogP contribution in [0.2, 0.25) is 0 Å². The summed E-state index contributed by atoms with van der Waals surface area (Å²) >= 11 is 1.13. The lowest BCUT2D eigenvalue weighted by Gasteiger charge is -2.24. The molecule has 7 nitrogen and oxygen atoms in total. The largest absolute Gasteiger partial charge is 0.508 e. The van der Waals surface area contributed by atoms with Gasteiger partial charge in [0.15, 0.2) is 0 Å². The van der Waals surface area contributed by atoms with Crippen molar-refractivity contribution >= 4 is 29.7 Å². The van der Waals surface area contributed by atoms with Gasteiger partial charge in [-0.25, -0.2) is 5.01 Å². The van der Waals surface area contributed by atoms with Gasteiger partial charge in [0.25, 0.3) is 11.8 Å². The number of rotatable bonds is 4. The van der Waals surface area contributed by atoms with Crippen molar-refractivity contribution in [3.8, 4) is 17.2 Å². The van der Waals surface area contributed by atoms with Crippen LogP contribution in [0.1, 0.15) is 26.9 Å². The Morgan fingerprint density at radius 3 is 2.16 bits per heavy atom. The Kier molecular flexibility index (Phi) is 5.55. The van der Waals surface area contributed by atoms with Crippen molar-refractivity contribution in [1.82, 2.24) is 10.4 Å². The molecule has 1 aliphatic heterocycles. The van der Waals surface area contributed by atoms with Crippen LogP contribution in [-0.4, -0.2) is 32.1 Å². The molecular weight excluding hydrogens is 416 g/mol. The first kappa shape index (κ1) is 20.4. The summed E-state index contributed by atoms with van der Waals surface area (Å²) in [7, 11) is 0. The van der Waals surface area contributed by atoms with E-state index in [1.54, 1.807) is 48.5 Å². The molecule has 3 aromatic rings. The van der Waals surface area contributed by atoms with Crippen LogP contribution in [0.15, 0.2) is 77.7 Å². The van der Waals surface area contributed by atoms with E-state index in [9.17, 15) is 24.9 Å². The van der Waals surface area contributed by atoms with E-state index >= 15 is 0 Å². The highest BCUT2D eigenvalue weighted by atomic mass is 32.2. The highest BCUT2D eigenvalue weighted by molar-refractivity contribution is 8.04. The van der Waals surface area contributed by atoms with Gasteiger partial charge in [0.2, 0.25) is 0 Å². The fourth-order valence-electron chi connectivity index (χ4n) is 3.14. The number of para-hydroxylation sites is 3. The molecule has 1 heterocycles. The fourth-order valence-corrected chi connectivity index (χ4v) is 4.35. The minimum Gasteiger partial charge on any atom is -0.508 e. The van der Waals surface area contributed by atoms with Gasteiger partial charge >= 0.3 is 0 Å². The lowest BCUT2D eigenvalue weighted by Crippen LogP contribution is -2.44. The SMILES string of the molecule is O=C(NN1C(=O)/C(=C/c2ccccc2O)SC1c1ccccc1O)c1ccccc1O. The van der Waals surface area contributed by atoms with Crippen molar-refractivity contribution in [2.24, 2.45) is 0 Å². The number of nitrogens with zero attached hydrogens (tertiary/aromatic N) is 1. The van der Waals surface area contributed by atoms with Crippen LogP contribution in [0.3, 0.4) is 0 Å². The fraction of sp³-hybridized carbons (Fsp3) is 0.0435. The number of hydrogen-bond acceptors (Lipinski definition) is 6. The molecule has 1 aliphatic rings. The van der Waals surface area contributed by atoms with Crippen molar-refractivity contribution in [2.75, 3.05) is 0 Å². The smallest absolute Gasteiger partial charge is 0.280 e. The predicted octanol–water partition coefficient (Wildman–Crippen LogP) is 3.76. The van der Waals surface area contributed by atoms with E-state index in [0.29, 0.717) is 11.1 Å². The molecule has 0 aromatic heterocycles. The summed E-state index contributed by atoms with van der Waals surface area (Å²) < 4.78 is 0. The number of phenolic OH excluding ortho intramolecular Hbond substituents is 3. The zero-order valence-electron chi connectivity index (χ0n) is 16.1. The van der Waals surface area contributed by atoms with Crippen molar-refractivity contribution in [2.45, 2.75) is 5.37 Å². The second kappa shape index (κ2) is 8.45. The van der Waals surface area contributed by atoms with Crippen LogP contribution in [0, 0.1) is 0 Å². The van der Waals surface area contributed by atoms with Gasteiger partial charge in [-0.3, -0.25) is 15.0 Å². The van der Waals surface area contributed by atoms with Crippen LogP contribution < -0.4 is 5.43 Å².